The van der Waals surface area contributed by atoms with Gasteiger partial charge in [-0.1, -0.05) is 12.1 Å². The first-order valence-corrected chi connectivity index (χ1v) is 9.73. The summed E-state index contributed by atoms with van der Waals surface area (Å²) in [6.07, 6.45) is 0. The number of carbonyl (C=O) groups is 2. The Kier molecular flexibility index (Phi) is 5.26. The summed E-state index contributed by atoms with van der Waals surface area (Å²) in [5, 5.41) is 11.1. The zero-order chi connectivity index (χ0) is 21.3. The molecule has 9 heteroatoms. The molecule has 2 aliphatic heterocycles. The largest absolute Gasteiger partial charge is 0.482 e. The molecule has 2 aromatic rings. The van der Waals surface area contributed by atoms with Crippen molar-refractivity contribution in [3.8, 4) is 5.75 Å². The third-order valence-corrected chi connectivity index (χ3v) is 5.39. The Morgan fingerprint density at radius 1 is 1.13 bits per heavy atom. The Hall–Kier alpha value is -3.62. The van der Waals surface area contributed by atoms with Crippen LogP contribution in [0.3, 0.4) is 0 Å². The molecule has 2 amide bonds. The standard InChI is InChI=1S/C21H22N4O5/c1-15-3-2-4-16(11-15)22-7-9-23(10-8-22)20(26)13-24-18-12-17(25(28)29)5-6-19(18)30-14-21(24)27/h2-6,11-12H,7-10,13-14H2,1H3. The third kappa shape index (κ3) is 3.91. The van der Waals surface area contributed by atoms with Crippen LogP contribution in [0.5, 0.6) is 5.75 Å². The minimum Gasteiger partial charge on any atom is -0.482 e. The third-order valence-electron chi connectivity index (χ3n) is 5.39. The molecule has 1 fully saturated rings. The number of nitrogens with zero attached hydrogens (tertiary/aromatic N) is 4. The van der Waals surface area contributed by atoms with Crippen LogP contribution in [0.15, 0.2) is 42.5 Å². The summed E-state index contributed by atoms with van der Waals surface area (Å²) in [5.74, 6) is -0.224. The van der Waals surface area contributed by atoms with Crippen molar-refractivity contribution in [2.45, 2.75) is 6.92 Å². The highest BCUT2D eigenvalue weighted by molar-refractivity contribution is 6.02. The highest BCUT2D eigenvalue weighted by Crippen LogP contribution is 2.35. The minimum absolute atomic E-state index is 0.156. The highest BCUT2D eigenvalue weighted by atomic mass is 16.6. The van der Waals surface area contributed by atoms with E-state index >= 15 is 0 Å². The predicted octanol–water partition coefficient (Wildman–Crippen LogP) is 1.98. The van der Waals surface area contributed by atoms with Crippen LogP contribution in [0, 0.1) is 17.0 Å². The highest BCUT2D eigenvalue weighted by Gasteiger charge is 2.31. The van der Waals surface area contributed by atoms with E-state index in [1.54, 1.807) is 4.90 Å². The maximum atomic E-state index is 12.9. The maximum Gasteiger partial charge on any atom is 0.271 e. The topological polar surface area (TPSA) is 96.2 Å². The summed E-state index contributed by atoms with van der Waals surface area (Å²) in [7, 11) is 0. The number of hydrogen-bond acceptors (Lipinski definition) is 6. The van der Waals surface area contributed by atoms with Crippen molar-refractivity contribution in [2.75, 3.05) is 49.1 Å². The molecular formula is C21H22N4O5. The number of anilines is 2. The molecule has 0 saturated carbocycles. The zero-order valence-electron chi connectivity index (χ0n) is 16.6. The van der Waals surface area contributed by atoms with Gasteiger partial charge in [0.15, 0.2) is 6.61 Å². The van der Waals surface area contributed by atoms with Crippen molar-refractivity contribution < 1.29 is 19.2 Å². The number of benzene rings is 2. The minimum atomic E-state index is -0.538. The van der Waals surface area contributed by atoms with Gasteiger partial charge in [0.05, 0.1) is 10.6 Å². The lowest BCUT2D eigenvalue weighted by Gasteiger charge is -2.37. The molecule has 9 nitrogen and oxygen atoms in total. The van der Waals surface area contributed by atoms with Crippen LogP contribution < -0.4 is 14.5 Å². The van der Waals surface area contributed by atoms with E-state index in [0.717, 1.165) is 5.69 Å². The zero-order valence-corrected chi connectivity index (χ0v) is 16.6. The van der Waals surface area contributed by atoms with Gasteiger partial charge in [0.25, 0.3) is 11.6 Å². The van der Waals surface area contributed by atoms with Gasteiger partial charge >= 0.3 is 0 Å². The van der Waals surface area contributed by atoms with Gasteiger partial charge < -0.3 is 14.5 Å². The fourth-order valence-electron chi connectivity index (χ4n) is 3.75. The monoisotopic (exact) mass is 410 g/mol. The molecule has 1 saturated heterocycles. The van der Waals surface area contributed by atoms with Gasteiger partial charge in [0, 0.05) is 44.0 Å². The van der Waals surface area contributed by atoms with Crippen LogP contribution in [-0.4, -0.2) is 61.0 Å². The fraction of sp³-hybridized carbons (Fsp3) is 0.333. The Morgan fingerprint density at radius 2 is 1.90 bits per heavy atom. The number of nitro groups is 1. The number of carbonyl (C=O) groups excluding carboxylic acids is 2. The Morgan fingerprint density at radius 3 is 2.60 bits per heavy atom. The van der Waals surface area contributed by atoms with Crippen molar-refractivity contribution in [3.05, 3.63) is 58.1 Å². The van der Waals surface area contributed by atoms with Gasteiger partial charge in [-0.05, 0) is 30.7 Å². The van der Waals surface area contributed by atoms with E-state index in [2.05, 4.69) is 17.0 Å². The Labute approximate surface area is 173 Å². The molecule has 0 atom stereocenters. The van der Waals surface area contributed by atoms with Crippen LogP contribution in [0.25, 0.3) is 0 Å². The van der Waals surface area contributed by atoms with Crippen molar-refractivity contribution in [1.82, 2.24) is 4.90 Å². The molecule has 0 aromatic heterocycles. The smallest absolute Gasteiger partial charge is 0.271 e. The number of aryl methyl sites for hydroxylation is 1. The number of piperazine rings is 1. The van der Waals surface area contributed by atoms with Crippen molar-refractivity contribution in [1.29, 1.82) is 0 Å². The predicted molar refractivity (Wildman–Crippen MR) is 111 cm³/mol. The summed E-state index contributed by atoms with van der Waals surface area (Å²) in [6.45, 7) is 4.19. The number of non-ortho nitro benzene ring substituents is 1. The normalized spacial score (nSPS) is 16.2. The molecule has 0 spiro atoms. The van der Waals surface area contributed by atoms with Crippen LogP contribution >= 0.6 is 0 Å². The number of hydrogen-bond donors (Lipinski definition) is 0. The lowest BCUT2D eigenvalue weighted by Crippen LogP contribution is -2.53. The molecule has 2 aromatic carbocycles. The summed E-state index contributed by atoms with van der Waals surface area (Å²) in [4.78, 5) is 41.0. The van der Waals surface area contributed by atoms with E-state index in [4.69, 9.17) is 4.74 Å². The van der Waals surface area contributed by atoms with Gasteiger partial charge in [0.1, 0.15) is 12.3 Å². The lowest BCUT2D eigenvalue weighted by atomic mass is 10.2. The molecule has 0 aliphatic carbocycles. The van der Waals surface area contributed by atoms with Crippen molar-refractivity contribution in [2.24, 2.45) is 0 Å². The first kappa shape index (κ1) is 19.7. The van der Waals surface area contributed by atoms with Gasteiger partial charge in [-0.25, -0.2) is 0 Å². The molecule has 0 unspecified atom stereocenters. The van der Waals surface area contributed by atoms with E-state index in [-0.39, 0.29) is 30.4 Å². The van der Waals surface area contributed by atoms with E-state index in [1.165, 1.54) is 28.7 Å². The van der Waals surface area contributed by atoms with Gasteiger partial charge in [-0.2, -0.15) is 0 Å². The van der Waals surface area contributed by atoms with Gasteiger partial charge in [-0.3, -0.25) is 24.6 Å². The van der Waals surface area contributed by atoms with Gasteiger partial charge in [0.2, 0.25) is 5.91 Å². The molecule has 0 N–H and O–H groups in total. The molecule has 30 heavy (non-hydrogen) atoms. The lowest BCUT2D eigenvalue weighted by molar-refractivity contribution is -0.384. The number of rotatable bonds is 4. The van der Waals surface area contributed by atoms with Crippen LogP contribution in [0.4, 0.5) is 17.1 Å². The second-order valence-corrected chi connectivity index (χ2v) is 7.38. The van der Waals surface area contributed by atoms with E-state index in [0.29, 0.717) is 31.9 Å². The second-order valence-electron chi connectivity index (χ2n) is 7.38. The Balaban J connectivity index is 1.44. The average molecular weight is 410 g/mol. The van der Waals surface area contributed by atoms with E-state index < -0.39 is 10.8 Å². The van der Waals surface area contributed by atoms with Crippen LogP contribution in [-0.2, 0) is 9.59 Å². The fourth-order valence-corrected chi connectivity index (χ4v) is 3.75. The molecule has 2 heterocycles. The SMILES string of the molecule is Cc1cccc(N2CCN(C(=O)CN3C(=O)COc4ccc([N+](=O)[O-])cc43)CC2)c1. The molecule has 0 bridgehead atoms. The number of ether oxygens (including phenoxy) is 1. The van der Waals surface area contributed by atoms with E-state index in [1.807, 2.05) is 19.1 Å². The van der Waals surface area contributed by atoms with E-state index in [9.17, 15) is 19.7 Å². The molecular weight excluding hydrogens is 388 g/mol. The Bertz CT molecular complexity index is 1000. The first-order chi connectivity index (χ1) is 14.4. The van der Waals surface area contributed by atoms with Crippen LogP contribution in [0.1, 0.15) is 5.56 Å². The van der Waals surface area contributed by atoms with Crippen molar-refractivity contribution in [3.63, 3.8) is 0 Å². The first-order valence-electron chi connectivity index (χ1n) is 9.73. The molecule has 0 radical (unpaired) electrons. The summed E-state index contributed by atoms with van der Waals surface area (Å²) >= 11 is 0. The number of nitro benzene ring substituents is 1. The van der Waals surface area contributed by atoms with Gasteiger partial charge in [-0.15, -0.1) is 0 Å². The number of fused-ring (bicyclic) bond motifs is 1. The maximum absolute atomic E-state index is 12.9. The molecule has 2 aliphatic rings. The number of amides is 2. The second kappa shape index (κ2) is 8.02. The summed E-state index contributed by atoms with van der Waals surface area (Å²) in [6, 6.07) is 12.3. The summed E-state index contributed by atoms with van der Waals surface area (Å²) in [5.41, 5.74) is 2.42. The molecule has 4 rings (SSSR count). The average Bonchev–Trinajstić information content (AvgIpc) is 2.75. The van der Waals surface area contributed by atoms with Crippen LogP contribution in [0.2, 0.25) is 0 Å². The summed E-state index contributed by atoms with van der Waals surface area (Å²) < 4.78 is 5.36. The quantitative estimate of drug-likeness (QED) is 0.565. The molecule has 156 valence electrons. The van der Waals surface area contributed by atoms with Crippen molar-refractivity contribution >= 4 is 28.9 Å².